The highest BCUT2D eigenvalue weighted by atomic mass is 35.5. The van der Waals surface area contributed by atoms with E-state index < -0.39 is 0 Å². The number of nitrogens with one attached hydrogen (secondary N) is 1. The van der Waals surface area contributed by atoms with Crippen LogP contribution in [0.3, 0.4) is 0 Å². The predicted molar refractivity (Wildman–Crippen MR) is 96.5 cm³/mol. The highest BCUT2D eigenvalue weighted by Gasteiger charge is 2.26. The summed E-state index contributed by atoms with van der Waals surface area (Å²) in [7, 11) is 0. The number of nitrogens with zero attached hydrogens (tertiary/aromatic N) is 4. The Morgan fingerprint density at radius 2 is 2.00 bits per heavy atom. The fourth-order valence-electron chi connectivity index (χ4n) is 3.29. The lowest BCUT2D eigenvalue weighted by Crippen LogP contribution is -3.10. The molecule has 2 aromatic rings. The Morgan fingerprint density at radius 1 is 1.24 bits per heavy atom. The molecule has 0 saturated carbocycles. The Balaban J connectivity index is 1.76. The molecule has 0 bridgehead atoms. The molecule has 1 fully saturated rings. The van der Waals surface area contributed by atoms with Crippen molar-refractivity contribution >= 4 is 11.6 Å². The van der Waals surface area contributed by atoms with Crippen LogP contribution >= 0.6 is 11.6 Å². The Labute approximate surface area is 154 Å². The standard InChI is InChI=1S/C18H26ClN5O/c1-18(2,3)24-17(20-21-22-24)13-23(12-16-5-4-10-25-16)11-14-6-8-15(19)9-7-14/h6-9,16H,4-5,10-13H2,1-3H3/p+1/t16-/m1/s1. The van der Waals surface area contributed by atoms with Gasteiger partial charge in [0.25, 0.3) is 0 Å². The third kappa shape index (κ3) is 5.00. The summed E-state index contributed by atoms with van der Waals surface area (Å²) in [6.45, 7) is 9.85. The number of benzene rings is 1. The van der Waals surface area contributed by atoms with Crippen LogP contribution in [-0.2, 0) is 23.4 Å². The fraction of sp³-hybridized carbons (Fsp3) is 0.611. The van der Waals surface area contributed by atoms with Crippen molar-refractivity contribution < 1.29 is 9.64 Å². The zero-order valence-electron chi connectivity index (χ0n) is 15.2. The first-order valence-corrected chi connectivity index (χ1v) is 9.27. The van der Waals surface area contributed by atoms with Crippen LogP contribution in [0.25, 0.3) is 0 Å². The number of hydrogen-bond donors (Lipinski definition) is 1. The number of quaternary nitrogens is 1. The molecule has 1 aliphatic rings. The van der Waals surface area contributed by atoms with Gasteiger partial charge in [-0.05, 0) is 56.2 Å². The van der Waals surface area contributed by atoms with E-state index in [4.69, 9.17) is 16.3 Å². The van der Waals surface area contributed by atoms with E-state index in [1.807, 2.05) is 16.8 Å². The second kappa shape index (κ2) is 7.81. The number of tetrazole rings is 1. The maximum Gasteiger partial charge on any atom is 0.206 e. The number of ether oxygens (including phenoxy) is 1. The summed E-state index contributed by atoms with van der Waals surface area (Å²) >= 11 is 6.02. The van der Waals surface area contributed by atoms with E-state index >= 15 is 0 Å². The van der Waals surface area contributed by atoms with Gasteiger partial charge in [0, 0.05) is 17.2 Å². The highest BCUT2D eigenvalue weighted by Crippen LogP contribution is 2.14. The number of rotatable bonds is 6. The molecule has 1 aliphatic heterocycles. The Morgan fingerprint density at radius 3 is 2.64 bits per heavy atom. The van der Waals surface area contributed by atoms with Gasteiger partial charge >= 0.3 is 0 Å². The van der Waals surface area contributed by atoms with Crippen molar-refractivity contribution in [1.29, 1.82) is 0 Å². The van der Waals surface area contributed by atoms with Gasteiger partial charge in [-0.15, -0.1) is 5.10 Å². The average molecular weight is 365 g/mol. The normalized spacial score (nSPS) is 19.3. The minimum absolute atomic E-state index is 0.131. The number of aromatic nitrogens is 4. The second-order valence-corrected chi connectivity index (χ2v) is 8.18. The van der Waals surface area contributed by atoms with E-state index in [-0.39, 0.29) is 5.54 Å². The fourth-order valence-corrected chi connectivity index (χ4v) is 3.41. The minimum Gasteiger partial charge on any atom is -0.372 e. The molecule has 0 spiro atoms. The molecule has 1 aromatic carbocycles. The number of hydrogen-bond acceptors (Lipinski definition) is 4. The zero-order valence-corrected chi connectivity index (χ0v) is 16.0. The molecule has 1 saturated heterocycles. The molecule has 0 radical (unpaired) electrons. The van der Waals surface area contributed by atoms with Crippen LogP contribution in [0.5, 0.6) is 0 Å². The van der Waals surface area contributed by atoms with Crippen LogP contribution in [0.4, 0.5) is 0 Å². The average Bonchev–Trinajstić information content (AvgIpc) is 3.20. The Kier molecular flexibility index (Phi) is 5.71. The molecular weight excluding hydrogens is 338 g/mol. The Hall–Kier alpha value is -1.50. The van der Waals surface area contributed by atoms with Crippen LogP contribution in [0.1, 0.15) is 45.0 Å². The van der Waals surface area contributed by atoms with Gasteiger partial charge in [-0.2, -0.15) is 0 Å². The lowest BCUT2D eigenvalue weighted by molar-refractivity contribution is -0.931. The molecule has 0 amide bonds. The van der Waals surface area contributed by atoms with E-state index in [0.717, 1.165) is 49.9 Å². The summed E-state index contributed by atoms with van der Waals surface area (Å²) in [5, 5.41) is 13.1. The van der Waals surface area contributed by atoms with Crippen molar-refractivity contribution in [2.24, 2.45) is 0 Å². The summed E-state index contributed by atoms with van der Waals surface area (Å²) < 4.78 is 7.78. The molecule has 6 nitrogen and oxygen atoms in total. The quantitative estimate of drug-likeness (QED) is 0.849. The van der Waals surface area contributed by atoms with E-state index in [1.165, 1.54) is 10.5 Å². The van der Waals surface area contributed by atoms with Crippen molar-refractivity contribution in [3.63, 3.8) is 0 Å². The van der Waals surface area contributed by atoms with Gasteiger partial charge < -0.3 is 9.64 Å². The van der Waals surface area contributed by atoms with Gasteiger partial charge in [-0.1, -0.05) is 23.7 Å². The van der Waals surface area contributed by atoms with Crippen molar-refractivity contribution in [1.82, 2.24) is 20.2 Å². The summed E-state index contributed by atoms with van der Waals surface area (Å²) in [4.78, 5) is 1.40. The first-order chi connectivity index (χ1) is 11.9. The molecular formula is C18H27ClN5O+. The Bertz CT molecular complexity index is 674. The first-order valence-electron chi connectivity index (χ1n) is 8.89. The third-order valence-corrected chi connectivity index (χ3v) is 4.74. The van der Waals surface area contributed by atoms with Crippen LogP contribution < -0.4 is 4.90 Å². The van der Waals surface area contributed by atoms with Crippen LogP contribution in [-0.4, -0.2) is 39.5 Å². The van der Waals surface area contributed by atoms with Gasteiger partial charge in [-0.25, -0.2) is 4.68 Å². The largest absolute Gasteiger partial charge is 0.372 e. The van der Waals surface area contributed by atoms with Crippen molar-refractivity contribution in [3.8, 4) is 0 Å². The molecule has 1 unspecified atom stereocenters. The lowest BCUT2D eigenvalue weighted by Gasteiger charge is -2.24. The summed E-state index contributed by atoms with van der Waals surface area (Å²) in [5.74, 6) is 0.912. The molecule has 2 heterocycles. The zero-order chi connectivity index (χ0) is 17.9. The monoisotopic (exact) mass is 364 g/mol. The van der Waals surface area contributed by atoms with Crippen molar-refractivity contribution in [2.45, 2.75) is 58.3 Å². The third-order valence-electron chi connectivity index (χ3n) is 4.49. The predicted octanol–water partition coefficient (Wildman–Crippen LogP) is 1.85. The van der Waals surface area contributed by atoms with Gasteiger partial charge in [0.2, 0.25) is 5.82 Å². The second-order valence-electron chi connectivity index (χ2n) is 7.75. The molecule has 136 valence electrons. The van der Waals surface area contributed by atoms with Crippen LogP contribution in [0.15, 0.2) is 24.3 Å². The van der Waals surface area contributed by atoms with Crippen LogP contribution in [0.2, 0.25) is 5.02 Å². The van der Waals surface area contributed by atoms with Gasteiger partial charge in [-0.3, -0.25) is 0 Å². The molecule has 3 rings (SSSR count). The van der Waals surface area contributed by atoms with Gasteiger partial charge in [0.1, 0.15) is 25.7 Å². The molecule has 0 aliphatic carbocycles. The summed E-state index contributed by atoms with van der Waals surface area (Å²) in [5.41, 5.74) is 1.13. The molecule has 1 N–H and O–H groups in total. The SMILES string of the molecule is CC(C)(C)n1nnnc1C[NH+](Cc1ccc(Cl)cc1)C[C@H]1CCCO1. The summed E-state index contributed by atoms with van der Waals surface area (Å²) in [6.07, 6.45) is 2.61. The van der Waals surface area contributed by atoms with E-state index in [1.54, 1.807) is 0 Å². The number of halogens is 1. The molecule has 25 heavy (non-hydrogen) atoms. The summed E-state index contributed by atoms with van der Waals surface area (Å²) in [6, 6.07) is 8.06. The van der Waals surface area contributed by atoms with Crippen molar-refractivity contribution in [3.05, 3.63) is 40.7 Å². The maximum atomic E-state index is 6.02. The molecule has 1 aromatic heterocycles. The van der Waals surface area contributed by atoms with Gasteiger partial charge in [0.05, 0.1) is 5.54 Å². The van der Waals surface area contributed by atoms with Crippen molar-refractivity contribution in [2.75, 3.05) is 13.2 Å². The van der Waals surface area contributed by atoms with E-state index in [0.29, 0.717) is 6.10 Å². The highest BCUT2D eigenvalue weighted by molar-refractivity contribution is 6.30. The lowest BCUT2D eigenvalue weighted by atomic mass is 10.1. The van der Waals surface area contributed by atoms with Crippen LogP contribution in [0, 0.1) is 0 Å². The smallest absolute Gasteiger partial charge is 0.206 e. The minimum atomic E-state index is -0.131. The maximum absolute atomic E-state index is 6.02. The first kappa shape index (κ1) is 18.3. The van der Waals surface area contributed by atoms with E-state index in [9.17, 15) is 0 Å². The topological polar surface area (TPSA) is 57.3 Å². The molecule has 7 heteroatoms. The molecule has 2 atom stereocenters. The van der Waals surface area contributed by atoms with E-state index in [2.05, 4.69) is 48.4 Å². The van der Waals surface area contributed by atoms with Gasteiger partial charge in [0.15, 0.2) is 0 Å².